The van der Waals surface area contributed by atoms with Gasteiger partial charge in [0.15, 0.2) is 16.9 Å². The Labute approximate surface area is 223 Å². The fraction of sp³-hybridized carbons (Fsp3) is 0.429. The molecule has 2 aromatic carbocycles. The van der Waals surface area contributed by atoms with Crippen molar-refractivity contribution in [3.63, 3.8) is 0 Å². The summed E-state index contributed by atoms with van der Waals surface area (Å²) in [6, 6.07) is 11.9. The maximum Gasteiger partial charge on any atom is 0.337 e. The predicted molar refractivity (Wildman–Crippen MR) is 138 cm³/mol. The zero-order valence-electron chi connectivity index (χ0n) is 22.7. The summed E-state index contributed by atoms with van der Waals surface area (Å²) in [6.07, 6.45) is 1.28. The fourth-order valence-corrected chi connectivity index (χ4v) is 4.16. The molecule has 0 N–H and O–H groups in total. The smallest absolute Gasteiger partial charge is 0.337 e. The molecule has 0 aliphatic carbocycles. The standard InChI is InChI=1S/C28H34N2O8/c1-30(13-10-19-14-20(25(31)36-4)16-21(15-19)26(32)37-5)12-7-11-28(18-29,27(33)38-6)22-8-9-23(34-2)24(17-22)35-3/h8-9,14-17H,7,10-13H2,1-6H3. The highest BCUT2D eigenvalue weighted by Gasteiger charge is 2.42. The van der Waals surface area contributed by atoms with E-state index in [0.29, 0.717) is 43.0 Å². The fourth-order valence-electron chi connectivity index (χ4n) is 4.16. The topological polar surface area (TPSA) is 124 Å². The summed E-state index contributed by atoms with van der Waals surface area (Å²) in [5.74, 6) is -0.845. The summed E-state index contributed by atoms with van der Waals surface area (Å²) < 4.78 is 25.2. The minimum absolute atomic E-state index is 0.223. The van der Waals surface area contributed by atoms with Gasteiger partial charge >= 0.3 is 17.9 Å². The number of benzene rings is 2. The van der Waals surface area contributed by atoms with Gasteiger partial charge in [0.1, 0.15) is 0 Å². The van der Waals surface area contributed by atoms with E-state index in [1.165, 1.54) is 41.6 Å². The first-order valence-electron chi connectivity index (χ1n) is 11.9. The van der Waals surface area contributed by atoms with Gasteiger partial charge < -0.3 is 28.6 Å². The van der Waals surface area contributed by atoms with Crippen LogP contribution in [0.1, 0.15) is 44.7 Å². The quantitative estimate of drug-likeness (QED) is 0.284. The SMILES string of the molecule is COC(=O)c1cc(CCN(C)CCCC(C#N)(C(=O)OC)c2ccc(OC)c(OC)c2)cc(C(=O)OC)c1. The van der Waals surface area contributed by atoms with Crippen molar-refractivity contribution in [2.24, 2.45) is 0 Å². The molecule has 1 unspecified atom stereocenters. The van der Waals surface area contributed by atoms with Crippen LogP contribution in [-0.2, 0) is 30.8 Å². The number of methoxy groups -OCH3 is 5. The van der Waals surface area contributed by atoms with Gasteiger partial charge in [-0.2, -0.15) is 5.26 Å². The van der Waals surface area contributed by atoms with E-state index < -0.39 is 23.3 Å². The Kier molecular flexibility index (Phi) is 11.1. The van der Waals surface area contributed by atoms with Gasteiger partial charge in [0.05, 0.1) is 52.7 Å². The zero-order valence-corrected chi connectivity index (χ0v) is 22.7. The molecule has 0 aliphatic heterocycles. The number of nitriles is 1. The zero-order chi connectivity index (χ0) is 28.3. The molecule has 0 radical (unpaired) electrons. The molecule has 1 atom stereocenters. The number of hydrogen-bond donors (Lipinski definition) is 0. The molecule has 0 amide bonds. The molecule has 0 spiro atoms. The molecule has 204 valence electrons. The largest absolute Gasteiger partial charge is 0.493 e. The van der Waals surface area contributed by atoms with Crippen LogP contribution in [0.2, 0.25) is 0 Å². The van der Waals surface area contributed by atoms with E-state index in [-0.39, 0.29) is 17.5 Å². The lowest BCUT2D eigenvalue weighted by molar-refractivity contribution is -0.145. The Bertz CT molecular complexity index is 1160. The first-order valence-corrected chi connectivity index (χ1v) is 11.9. The summed E-state index contributed by atoms with van der Waals surface area (Å²) in [5.41, 5.74) is 0.243. The predicted octanol–water partition coefficient (Wildman–Crippen LogP) is 3.17. The molecule has 0 saturated carbocycles. The van der Waals surface area contributed by atoms with E-state index >= 15 is 0 Å². The molecule has 0 bridgehead atoms. The Hall–Kier alpha value is -4.10. The first-order chi connectivity index (χ1) is 18.2. The summed E-state index contributed by atoms with van der Waals surface area (Å²) in [6.45, 7) is 1.17. The lowest BCUT2D eigenvalue weighted by Crippen LogP contribution is -2.36. The number of esters is 3. The minimum Gasteiger partial charge on any atom is -0.493 e. The van der Waals surface area contributed by atoms with E-state index in [1.807, 2.05) is 11.9 Å². The lowest BCUT2D eigenvalue weighted by Gasteiger charge is -2.26. The summed E-state index contributed by atoms with van der Waals surface area (Å²) in [7, 11) is 8.71. The average Bonchev–Trinajstić information content (AvgIpc) is 2.96. The minimum atomic E-state index is -1.51. The molecule has 10 nitrogen and oxygen atoms in total. The molecule has 2 rings (SSSR count). The van der Waals surface area contributed by atoms with E-state index in [9.17, 15) is 19.6 Å². The van der Waals surface area contributed by atoms with Crippen LogP contribution in [0.25, 0.3) is 0 Å². The van der Waals surface area contributed by atoms with Gasteiger partial charge in [-0.15, -0.1) is 0 Å². The van der Waals surface area contributed by atoms with Crippen LogP contribution in [0.15, 0.2) is 36.4 Å². The molecule has 0 aromatic heterocycles. The Morgan fingerprint density at radius 3 is 1.95 bits per heavy atom. The third kappa shape index (κ3) is 7.01. The molecule has 2 aromatic rings. The second-order valence-corrected chi connectivity index (χ2v) is 8.64. The summed E-state index contributed by atoms with van der Waals surface area (Å²) in [5, 5.41) is 10.1. The van der Waals surface area contributed by atoms with Crippen LogP contribution in [0, 0.1) is 11.3 Å². The highest BCUT2D eigenvalue weighted by atomic mass is 16.5. The highest BCUT2D eigenvalue weighted by Crippen LogP contribution is 2.36. The Morgan fingerprint density at radius 2 is 1.45 bits per heavy atom. The Balaban J connectivity index is 2.14. The maximum absolute atomic E-state index is 12.8. The van der Waals surface area contributed by atoms with Gasteiger partial charge in [-0.3, -0.25) is 0 Å². The number of ether oxygens (including phenoxy) is 5. The molecule has 10 heteroatoms. The number of carbonyl (C=O) groups excluding carboxylic acids is 3. The van der Waals surface area contributed by atoms with E-state index in [0.717, 1.165) is 5.56 Å². The molecule has 0 saturated heterocycles. The van der Waals surface area contributed by atoms with Crippen molar-refractivity contribution >= 4 is 17.9 Å². The number of carbonyl (C=O) groups is 3. The van der Waals surface area contributed by atoms with Crippen LogP contribution in [0.5, 0.6) is 11.5 Å². The van der Waals surface area contributed by atoms with Crippen molar-refractivity contribution in [1.29, 1.82) is 5.26 Å². The normalized spacial score (nSPS) is 12.2. The highest BCUT2D eigenvalue weighted by molar-refractivity contribution is 5.95. The van der Waals surface area contributed by atoms with Gasteiger partial charge in [-0.25, -0.2) is 14.4 Å². The van der Waals surface area contributed by atoms with Crippen LogP contribution >= 0.6 is 0 Å². The van der Waals surface area contributed by atoms with Gasteiger partial charge in [0, 0.05) is 6.54 Å². The van der Waals surface area contributed by atoms with Crippen LogP contribution < -0.4 is 9.47 Å². The number of nitrogens with zero attached hydrogens (tertiary/aromatic N) is 2. The second kappa shape index (κ2) is 14.0. The van der Waals surface area contributed by atoms with Crippen molar-refractivity contribution in [3.8, 4) is 17.6 Å². The maximum atomic E-state index is 12.8. The van der Waals surface area contributed by atoms with Gasteiger partial charge in [-0.05, 0) is 74.3 Å². The summed E-state index contributed by atoms with van der Waals surface area (Å²) in [4.78, 5) is 38.9. The van der Waals surface area contributed by atoms with Gasteiger partial charge in [0.25, 0.3) is 0 Å². The monoisotopic (exact) mass is 526 g/mol. The molecular formula is C28H34N2O8. The van der Waals surface area contributed by atoms with Crippen molar-refractivity contribution in [1.82, 2.24) is 4.90 Å². The van der Waals surface area contributed by atoms with Crippen molar-refractivity contribution < 1.29 is 38.1 Å². The van der Waals surface area contributed by atoms with Gasteiger partial charge in [0.2, 0.25) is 0 Å². The van der Waals surface area contributed by atoms with Crippen molar-refractivity contribution in [2.45, 2.75) is 24.7 Å². The van der Waals surface area contributed by atoms with Crippen LogP contribution in [0.3, 0.4) is 0 Å². The van der Waals surface area contributed by atoms with E-state index in [4.69, 9.17) is 23.7 Å². The van der Waals surface area contributed by atoms with Gasteiger partial charge in [-0.1, -0.05) is 6.07 Å². The second-order valence-electron chi connectivity index (χ2n) is 8.64. The summed E-state index contributed by atoms with van der Waals surface area (Å²) >= 11 is 0. The number of likely N-dealkylation sites (N-methyl/N-ethyl adjacent to an activating group) is 1. The van der Waals surface area contributed by atoms with Crippen LogP contribution in [0.4, 0.5) is 0 Å². The lowest BCUT2D eigenvalue weighted by atomic mass is 9.77. The third-order valence-corrected chi connectivity index (χ3v) is 6.31. The number of hydrogen-bond acceptors (Lipinski definition) is 10. The van der Waals surface area contributed by atoms with Crippen molar-refractivity contribution in [3.05, 3.63) is 58.7 Å². The Morgan fingerprint density at radius 1 is 0.842 bits per heavy atom. The molecule has 0 fully saturated rings. The molecule has 0 heterocycles. The third-order valence-electron chi connectivity index (χ3n) is 6.31. The first kappa shape index (κ1) is 30.1. The van der Waals surface area contributed by atoms with Crippen molar-refractivity contribution in [2.75, 3.05) is 55.7 Å². The molecule has 0 aliphatic rings. The molecular weight excluding hydrogens is 492 g/mol. The van der Waals surface area contributed by atoms with E-state index in [2.05, 4.69) is 6.07 Å². The molecule has 38 heavy (non-hydrogen) atoms. The number of rotatable bonds is 13. The average molecular weight is 527 g/mol. The van der Waals surface area contributed by atoms with E-state index in [1.54, 1.807) is 30.3 Å². The van der Waals surface area contributed by atoms with Crippen LogP contribution in [-0.4, -0.2) is 78.5 Å².